The molecule has 0 aliphatic carbocycles. The fourth-order valence-corrected chi connectivity index (χ4v) is 3.26. The molecule has 1 heterocycles. The number of carbonyl (C=O) groups excluding carboxylic acids is 1. The lowest BCUT2D eigenvalue weighted by atomic mass is 9.85. The van der Waals surface area contributed by atoms with Crippen LogP contribution in [0.1, 0.15) is 37.9 Å². The van der Waals surface area contributed by atoms with Crippen LogP contribution in [-0.2, 0) is 16.8 Å². The van der Waals surface area contributed by atoms with Crippen LogP contribution in [0.3, 0.4) is 0 Å². The van der Waals surface area contributed by atoms with E-state index in [0.717, 1.165) is 11.1 Å². The highest BCUT2D eigenvalue weighted by atomic mass is 35.5. The highest BCUT2D eigenvalue weighted by Gasteiger charge is 2.20. The Morgan fingerprint density at radius 3 is 2.64 bits per heavy atom. The number of rotatable bonds is 5. The van der Waals surface area contributed by atoms with Crippen LogP contribution in [0, 0.1) is 17.1 Å². The Kier molecular flexibility index (Phi) is 5.39. The molecule has 0 bridgehead atoms. The van der Waals surface area contributed by atoms with Crippen LogP contribution in [0.2, 0.25) is 5.02 Å². The average Bonchev–Trinajstić information content (AvgIpc) is 3.08. The smallest absolute Gasteiger partial charge is 0.240 e. The number of nitrogens with zero attached hydrogens (tertiary/aromatic N) is 3. The number of imidazole rings is 1. The number of aromatic nitrogens is 2. The summed E-state index contributed by atoms with van der Waals surface area (Å²) >= 11 is 6.03. The standard InChI is InChI=1S/C21H20ClFN4O/c1-13(14-4-6-15(7-5-14)21(2,3)11-24)26-18(28)10-27-12-25-17-9-8-16(23)19(22)20(17)27/h4-9,12-13H,10H2,1-3H3,(H,26,28). The van der Waals surface area contributed by atoms with Gasteiger partial charge in [0.2, 0.25) is 5.91 Å². The van der Waals surface area contributed by atoms with E-state index < -0.39 is 11.2 Å². The second-order valence-electron chi connectivity index (χ2n) is 7.25. The predicted molar refractivity (Wildman–Crippen MR) is 106 cm³/mol. The van der Waals surface area contributed by atoms with Gasteiger partial charge in [-0.3, -0.25) is 4.79 Å². The molecule has 1 amide bonds. The Morgan fingerprint density at radius 2 is 2.00 bits per heavy atom. The van der Waals surface area contributed by atoms with Gasteiger partial charge in [0.05, 0.1) is 34.9 Å². The molecule has 0 aliphatic rings. The van der Waals surface area contributed by atoms with Crippen LogP contribution >= 0.6 is 11.6 Å². The summed E-state index contributed by atoms with van der Waals surface area (Å²) < 4.78 is 15.3. The van der Waals surface area contributed by atoms with E-state index >= 15 is 0 Å². The van der Waals surface area contributed by atoms with Gasteiger partial charge in [0.15, 0.2) is 0 Å². The zero-order valence-corrected chi connectivity index (χ0v) is 16.6. The lowest BCUT2D eigenvalue weighted by Gasteiger charge is -2.19. The number of fused-ring (bicyclic) bond motifs is 1. The van der Waals surface area contributed by atoms with E-state index in [9.17, 15) is 14.4 Å². The van der Waals surface area contributed by atoms with Crippen molar-refractivity contribution in [3.63, 3.8) is 0 Å². The number of hydrogen-bond donors (Lipinski definition) is 1. The zero-order chi connectivity index (χ0) is 20.5. The van der Waals surface area contributed by atoms with E-state index in [0.29, 0.717) is 11.0 Å². The van der Waals surface area contributed by atoms with Crippen molar-refractivity contribution in [3.8, 4) is 6.07 Å². The fourth-order valence-electron chi connectivity index (χ4n) is 2.99. The van der Waals surface area contributed by atoms with Crippen molar-refractivity contribution in [2.45, 2.75) is 38.8 Å². The summed E-state index contributed by atoms with van der Waals surface area (Å²) in [5.74, 6) is -0.793. The first-order chi connectivity index (χ1) is 13.2. The summed E-state index contributed by atoms with van der Waals surface area (Å²) in [6, 6.07) is 12.4. The van der Waals surface area contributed by atoms with Crippen molar-refractivity contribution in [1.82, 2.24) is 14.9 Å². The van der Waals surface area contributed by atoms with E-state index in [2.05, 4.69) is 16.4 Å². The van der Waals surface area contributed by atoms with Crippen LogP contribution in [0.5, 0.6) is 0 Å². The first kappa shape index (κ1) is 19.8. The fraction of sp³-hybridized carbons (Fsp3) is 0.286. The van der Waals surface area contributed by atoms with Crippen LogP contribution < -0.4 is 5.32 Å². The molecule has 1 aromatic heterocycles. The number of nitriles is 1. The summed E-state index contributed by atoms with van der Waals surface area (Å²) in [7, 11) is 0. The second-order valence-corrected chi connectivity index (χ2v) is 7.63. The minimum absolute atomic E-state index is 0.0242. The number of carbonyl (C=O) groups is 1. The molecule has 1 unspecified atom stereocenters. The van der Waals surface area contributed by atoms with Gasteiger partial charge in [0.1, 0.15) is 17.4 Å². The topological polar surface area (TPSA) is 70.7 Å². The molecule has 0 saturated heterocycles. The lowest BCUT2D eigenvalue weighted by molar-refractivity contribution is -0.122. The monoisotopic (exact) mass is 398 g/mol. The van der Waals surface area contributed by atoms with Crippen molar-refractivity contribution < 1.29 is 9.18 Å². The number of benzene rings is 2. The molecule has 144 valence electrons. The van der Waals surface area contributed by atoms with Gasteiger partial charge in [-0.05, 0) is 44.0 Å². The van der Waals surface area contributed by atoms with Crippen LogP contribution in [0.25, 0.3) is 11.0 Å². The van der Waals surface area contributed by atoms with Crippen molar-refractivity contribution in [3.05, 3.63) is 64.7 Å². The SMILES string of the molecule is CC(NC(=O)Cn1cnc2ccc(F)c(Cl)c21)c1ccc(C(C)(C)C#N)cc1. The summed E-state index contributed by atoms with van der Waals surface area (Å²) in [4.78, 5) is 16.6. The summed E-state index contributed by atoms with van der Waals surface area (Å²) in [6.45, 7) is 5.57. The molecule has 2 aromatic carbocycles. The maximum absolute atomic E-state index is 13.7. The number of hydrogen-bond acceptors (Lipinski definition) is 3. The summed E-state index contributed by atoms with van der Waals surface area (Å²) in [5.41, 5.74) is 2.20. The maximum Gasteiger partial charge on any atom is 0.240 e. The van der Waals surface area contributed by atoms with Crippen molar-refractivity contribution in [1.29, 1.82) is 5.26 Å². The van der Waals surface area contributed by atoms with E-state index in [1.165, 1.54) is 23.0 Å². The molecule has 28 heavy (non-hydrogen) atoms. The molecule has 1 N–H and O–H groups in total. The Hall–Kier alpha value is -2.91. The Balaban J connectivity index is 1.72. The third kappa shape index (κ3) is 3.85. The molecule has 7 heteroatoms. The van der Waals surface area contributed by atoms with Gasteiger partial charge in [-0.15, -0.1) is 0 Å². The van der Waals surface area contributed by atoms with E-state index in [1.807, 2.05) is 45.0 Å². The predicted octanol–water partition coefficient (Wildman–Crippen LogP) is 4.51. The van der Waals surface area contributed by atoms with Crippen LogP contribution in [-0.4, -0.2) is 15.5 Å². The van der Waals surface area contributed by atoms with Gasteiger partial charge in [0.25, 0.3) is 0 Å². The summed E-state index contributed by atoms with van der Waals surface area (Å²) in [6.07, 6.45) is 1.47. The van der Waals surface area contributed by atoms with Gasteiger partial charge in [-0.25, -0.2) is 9.37 Å². The first-order valence-electron chi connectivity index (χ1n) is 8.83. The van der Waals surface area contributed by atoms with Crippen molar-refractivity contribution in [2.75, 3.05) is 0 Å². The highest BCUT2D eigenvalue weighted by Crippen LogP contribution is 2.26. The molecule has 3 rings (SSSR count). The third-order valence-electron chi connectivity index (χ3n) is 4.77. The first-order valence-corrected chi connectivity index (χ1v) is 9.20. The molecule has 0 aliphatic heterocycles. The molecule has 0 saturated carbocycles. The van der Waals surface area contributed by atoms with E-state index in [1.54, 1.807) is 0 Å². The molecular formula is C21H20ClFN4O. The minimum Gasteiger partial charge on any atom is -0.348 e. The Labute approximate surface area is 167 Å². The second kappa shape index (κ2) is 7.61. The number of nitrogens with one attached hydrogen (secondary N) is 1. The Bertz CT molecular complexity index is 1070. The summed E-state index contributed by atoms with van der Waals surface area (Å²) in [5, 5.41) is 12.1. The van der Waals surface area contributed by atoms with Gasteiger partial charge in [-0.1, -0.05) is 35.9 Å². The number of amides is 1. The highest BCUT2D eigenvalue weighted by molar-refractivity contribution is 6.35. The molecule has 1 atom stereocenters. The van der Waals surface area contributed by atoms with Gasteiger partial charge >= 0.3 is 0 Å². The number of halogens is 2. The molecule has 0 radical (unpaired) electrons. The maximum atomic E-state index is 13.7. The van der Waals surface area contributed by atoms with Gasteiger partial charge in [0, 0.05) is 0 Å². The van der Waals surface area contributed by atoms with E-state index in [4.69, 9.17) is 11.6 Å². The van der Waals surface area contributed by atoms with Gasteiger partial charge in [-0.2, -0.15) is 5.26 Å². The largest absolute Gasteiger partial charge is 0.348 e. The van der Waals surface area contributed by atoms with Crippen LogP contribution in [0.15, 0.2) is 42.7 Å². The molecule has 0 spiro atoms. The quantitative estimate of drug-likeness (QED) is 0.687. The molecule has 0 fully saturated rings. The normalized spacial score (nSPS) is 12.6. The van der Waals surface area contributed by atoms with Crippen molar-refractivity contribution in [2.24, 2.45) is 0 Å². The molecule has 5 nitrogen and oxygen atoms in total. The van der Waals surface area contributed by atoms with Crippen LogP contribution in [0.4, 0.5) is 4.39 Å². The van der Waals surface area contributed by atoms with Crippen molar-refractivity contribution >= 4 is 28.5 Å². The Morgan fingerprint density at radius 1 is 1.32 bits per heavy atom. The van der Waals surface area contributed by atoms with E-state index in [-0.39, 0.29) is 23.5 Å². The average molecular weight is 399 g/mol. The lowest BCUT2D eigenvalue weighted by Crippen LogP contribution is -2.30. The third-order valence-corrected chi connectivity index (χ3v) is 5.13. The molecule has 3 aromatic rings. The molecular weight excluding hydrogens is 379 g/mol. The minimum atomic E-state index is -0.567. The zero-order valence-electron chi connectivity index (χ0n) is 15.8. The van der Waals surface area contributed by atoms with Gasteiger partial charge < -0.3 is 9.88 Å².